The van der Waals surface area contributed by atoms with Crippen molar-refractivity contribution in [3.05, 3.63) is 122 Å². The Morgan fingerprint density at radius 1 is 0.382 bits per heavy atom. The minimum absolute atomic E-state index is 0.0799. The van der Waals surface area contributed by atoms with Crippen molar-refractivity contribution in [2.45, 2.75) is 238 Å². The second-order valence-corrected chi connectivity index (χ2v) is 20.5. The molecule has 3 atom stereocenters. The molecule has 0 aromatic heterocycles. The summed E-state index contributed by atoms with van der Waals surface area (Å²) in [5.41, 5.74) is 0. The Balaban J connectivity index is 4.84. The van der Waals surface area contributed by atoms with Crippen LogP contribution >= 0.6 is 7.82 Å². The average molecular weight is 1080 g/mol. The van der Waals surface area contributed by atoms with Crippen molar-refractivity contribution in [2.24, 2.45) is 0 Å². The van der Waals surface area contributed by atoms with Crippen molar-refractivity contribution in [2.75, 3.05) is 26.4 Å². The predicted molar refractivity (Wildman–Crippen MR) is 316 cm³/mol. The highest BCUT2D eigenvalue weighted by Crippen LogP contribution is 2.43. The van der Waals surface area contributed by atoms with E-state index >= 15 is 0 Å². The van der Waals surface area contributed by atoms with Gasteiger partial charge in [0.2, 0.25) is 0 Å². The summed E-state index contributed by atoms with van der Waals surface area (Å²) in [6.45, 7) is 4.30. The minimum Gasteiger partial charge on any atom is -0.462 e. The number of hydrogen-bond acceptors (Lipinski definition) is 10. The number of unbranched alkanes of at least 4 members (excludes halogenated alkanes) is 16. The lowest BCUT2D eigenvalue weighted by Gasteiger charge is -2.21. The molecule has 0 rings (SSSR count). The van der Waals surface area contributed by atoms with Gasteiger partial charge in [-0.25, -0.2) is 4.57 Å². The number of carbonyl (C=O) groups excluding carboxylic acids is 3. The summed E-state index contributed by atoms with van der Waals surface area (Å²) in [4.78, 5) is 48.6. The molecule has 76 heavy (non-hydrogen) atoms. The number of phosphoric ester groups is 1. The molecule has 2 N–H and O–H groups in total. The Kier molecular flexibility index (Phi) is 54.0. The van der Waals surface area contributed by atoms with E-state index in [1.165, 1.54) is 38.5 Å². The molecule has 0 aromatic rings. The van der Waals surface area contributed by atoms with Gasteiger partial charge in [-0.2, -0.15) is 0 Å². The SMILES string of the molecule is CC/C=C\C/C=C\C/C=C\C/C=C\C/C=C\CCCC(=O)OC(COC(=O)CCCCCCC/C=C\CCCCCCCC)COP(=O)(O)OCC(CO)OC(=O)CCCCCC/C=C\C/C=C\C/C=C\C/C=C\CC. The number of ether oxygens (including phenoxy) is 3. The van der Waals surface area contributed by atoms with E-state index in [0.29, 0.717) is 25.7 Å². The molecule has 0 amide bonds. The molecule has 0 spiro atoms. The Morgan fingerprint density at radius 2 is 0.697 bits per heavy atom. The van der Waals surface area contributed by atoms with Crippen molar-refractivity contribution in [1.82, 2.24) is 0 Å². The maximum atomic E-state index is 12.9. The normalized spacial score (nSPS) is 14.2. The van der Waals surface area contributed by atoms with Crippen molar-refractivity contribution in [3.8, 4) is 0 Å². The number of aliphatic hydroxyl groups excluding tert-OH is 1. The number of phosphoric acid groups is 1. The zero-order valence-corrected chi connectivity index (χ0v) is 48.6. The van der Waals surface area contributed by atoms with Crippen LogP contribution in [-0.4, -0.2) is 66.5 Å². The number of allylic oxidation sites excluding steroid dienone is 20. The topological polar surface area (TPSA) is 155 Å². The van der Waals surface area contributed by atoms with Gasteiger partial charge in [0, 0.05) is 19.3 Å². The second kappa shape index (κ2) is 57.1. The summed E-state index contributed by atoms with van der Waals surface area (Å²) in [5, 5.41) is 9.82. The standard InChI is InChI=1S/C64H105O11P/c1-4-7-10-13-16-19-22-25-28-30-33-36-39-42-45-48-51-54-63(67)74-60(56-65)58-72-76(69,70)73-59-61(57-71-62(66)53-50-47-44-41-38-35-32-27-24-21-18-15-12-9-6-3)75-64(68)55-52-49-46-43-40-37-34-31-29-26-23-20-17-14-11-8-5-2/h7-8,10-11,16-17,19-20,25-29,32-34,36-37,43,46,60-61,65H,4-6,9,12-15,18,21-24,30-31,35,38-42,44-45,47-59H2,1-3H3,(H,69,70)/b10-7-,11-8-,19-16-,20-17-,28-25-,29-26-,32-27-,36-33-,37-34-,46-43-. The highest BCUT2D eigenvalue weighted by Gasteiger charge is 2.28. The van der Waals surface area contributed by atoms with Crippen LogP contribution < -0.4 is 0 Å². The number of esters is 3. The first-order valence-electron chi connectivity index (χ1n) is 29.4. The molecule has 0 fully saturated rings. The molecular weight excluding hydrogens is 976 g/mol. The summed E-state index contributed by atoms with van der Waals surface area (Å²) in [6, 6.07) is 0. The van der Waals surface area contributed by atoms with E-state index in [9.17, 15) is 28.9 Å². The first-order chi connectivity index (χ1) is 37.2. The Morgan fingerprint density at radius 3 is 1.12 bits per heavy atom. The largest absolute Gasteiger partial charge is 0.472 e. The highest BCUT2D eigenvalue weighted by atomic mass is 31.2. The molecule has 0 bridgehead atoms. The zero-order chi connectivity index (χ0) is 55.5. The minimum atomic E-state index is -4.78. The van der Waals surface area contributed by atoms with E-state index in [2.05, 4.69) is 130 Å². The van der Waals surface area contributed by atoms with Crippen molar-refractivity contribution in [1.29, 1.82) is 0 Å². The summed E-state index contributed by atoms with van der Waals surface area (Å²) in [5.74, 6) is -1.58. The van der Waals surface area contributed by atoms with Crippen LogP contribution in [0.1, 0.15) is 226 Å². The Bertz CT molecular complexity index is 1740. The smallest absolute Gasteiger partial charge is 0.462 e. The van der Waals surface area contributed by atoms with E-state index in [4.69, 9.17) is 23.3 Å². The molecule has 3 unspecified atom stereocenters. The predicted octanol–water partition coefficient (Wildman–Crippen LogP) is 17.6. The van der Waals surface area contributed by atoms with E-state index in [0.717, 1.165) is 122 Å². The maximum Gasteiger partial charge on any atom is 0.472 e. The Labute approximate surface area is 462 Å². The van der Waals surface area contributed by atoms with Gasteiger partial charge in [0.15, 0.2) is 6.10 Å². The lowest BCUT2D eigenvalue weighted by atomic mass is 10.1. The van der Waals surface area contributed by atoms with E-state index in [1.807, 2.05) is 12.2 Å². The lowest BCUT2D eigenvalue weighted by Crippen LogP contribution is -2.30. The molecular formula is C64H105O11P. The number of carbonyl (C=O) groups is 3. The van der Waals surface area contributed by atoms with Crippen LogP contribution in [0.4, 0.5) is 0 Å². The van der Waals surface area contributed by atoms with Crippen LogP contribution in [0.15, 0.2) is 122 Å². The molecule has 0 aliphatic carbocycles. The summed E-state index contributed by atoms with van der Waals surface area (Å²) in [6.07, 6.45) is 70.2. The summed E-state index contributed by atoms with van der Waals surface area (Å²) >= 11 is 0. The van der Waals surface area contributed by atoms with E-state index in [-0.39, 0.29) is 25.9 Å². The second-order valence-electron chi connectivity index (χ2n) is 19.0. The van der Waals surface area contributed by atoms with Gasteiger partial charge in [0.05, 0.1) is 19.8 Å². The fourth-order valence-electron chi connectivity index (χ4n) is 7.44. The van der Waals surface area contributed by atoms with E-state index < -0.39 is 57.8 Å². The molecule has 0 aliphatic rings. The fraction of sp³-hybridized carbons (Fsp3) is 0.641. The lowest BCUT2D eigenvalue weighted by molar-refractivity contribution is -0.161. The van der Waals surface area contributed by atoms with Crippen LogP contribution in [0.3, 0.4) is 0 Å². The summed E-state index contributed by atoms with van der Waals surface area (Å²) < 4.78 is 39.5. The van der Waals surface area contributed by atoms with Crippen molar-refractivity contribution >= 4 is 25.7 Å². The van der Waals surface area contributed by atoms with Crippen LogP contribution in [0, 0.1) is 0 Å². The Hall–Kier alpha value is -4.12. The third-order valence-corrected chi connectivity index (χ3v) is 12.8. The fourth-order valence-corrected chi connectivity index (χ4v) is 8.22. The average Bonchev–Trinajstić information content (AvgIpc) is 3.41. The highest BCUT2D eigenvalue weighted by molar-refractivity contribution is 7.47. The van der Waals surface area contributed by atoms with Crippen molar-refractivity contribution in [3.63, 3.8) is 0 Å². The number of rotatable bonds is 53. The molecule has 0 aliphatic heterocycles. The third-order valence-electron chi connectivity index (χ3n) is 11.8. The van der Waals surface area contributed by atoms with Gasteiger partial charge in [-0.15, -0.1) is 0 Å². The van der Waals surface area contributed by atoms with E-state index in [1.54, 1.807) is 0 Å². The molecule has 0 heterocycles. The molecule has 0 saturated carbocycles. The molecule has 11 nitrogen and oxygen atoms in total. The third kappa shape index (κ3) is 54.7. The first-order valence-corrected chi connectivity index (χ1v) is 30.9. The van der Waals surface area contributed by atoms with Gasteiger partial charge >= 0.3 is 25.7 Å². The number of hydrogen-bond donors (Lipinski definition) is 2. The van der Waals surface area contributed by atoms with Gasteiger partial charge in [-0.3, -0.25) is 23.4 Å². The zero-order valence-electron chi connectivity index (χ0n) is 47.7. The molecule has 12 heteroatoms. The molecule has 0 aromatic carbocycles. The monoisotopic (exact) mass is 1080 g/mol. The molecule has 0 radical (unpaired) electrons. The number of aliphatic hydroxyl groups is 1. The van der Waals surface area contributed by atoms with Gasteiger partial charge in [0.1, 0.15) is 12.7 Å². The first kappa shape index (κ1) is 71.9. The van der Waals surface area contributed by atoms with Gasteiger partial charge < -0.3 is 24.2 Å². The van der Waals surface area contributed by atoms with Crippen LogP contribution in [0.5, 0.6) is 0 Å². The van der Waals surface area contributed by atoms with Gasteiger partial charge in [0.25, 0.3) is 0 Å². The van der Waals surface area contributed by atoms with Crippen LogP contribution in [0.25, 0.3) is 0 Å². The molecule has 0 saturated heterocycles. The molecule has 432 valence electrons. The maximum absolute atomic E-state index is 12.9. The summed E-state index contributed by atoms with van der Waals surface area (Å²) in [7, 11) is -4.78. The van der Waals surface area contributed by atoms with Gasteiger partial charge in [-0.05, 0) is 122 Å². The quantitative estimate of drug-likeness (QED) is 0.0197. The van der Waals surface area contributed by atoms with Crippen molar-refractivity contribution < 1.29 is 52.2 Å². The van der Waals surface area contributed by atoms with Crippen LogP contribution in [0.2, 0.25) is 0 Å². The van der Waals surface area contributed by atoms with Crippen LogP contribution in [-0.2, 0) is 42.2 Å². The van der Waals surface area contributed by atoms with Gasteiger partial charge in [-0.1, -0.05) is 206 Å².